The van der Waals surface area contributed by atoms with Crippen LogP contribution in [0.5, 0.6) is 11.6 Å². The lowest BCUT2D eigenvalue weighted by molar-refractivity contribution is 0.167. The number of carboxylic acid groups (broad SMARTS) is 1. The van der Waals surface area contributed by atoms with E-state index in [9.17, 15) is 15.2 Å². The standard InChI is InChI=1S/C28H20FN7O4S/c1-14(36(28(37)38)18-5-4-17(11-31)32-12-18)15(2)40-23-9-24-21(8-20(23)29)35-27(41-24)19-6-16(10-30)7-22-26(19)33-13-25(34-22)39-3/h4-9,12-15H,1-3H3,(H,37,38). The van der Waals surface area contributed by atoms with Gasteiger partial charge in [0.05, 0.1) is 64.1 Å². The fourth-order valence-electron chi connectivity index (χ4n) is 4.19. The van der Waals surface area contributed by atoms with Crippen LogP contribution in [0, 0.1) is 28.5 Å². The Bertz CT molecular complexity index is 1880. The zero-order valence-electron chi connectivity index (χ0n) is 21.9. The second kappa shape index (κ2) is 11.0. The topological polar surface area (TPSA) is 158 Å². The fourth-order valence-corrected chi connectivity index (χ4v) is 5.18. The van der Waals surface area contributed by atoms with Crippen molar-refractivity contribution in [2.45, 2.75) is 26.0 Å². The molecule has 2 aromatic carbocycles. The quantitative estimate of drug-likeness (QED) is 0.264. The molecule has 1 amide bonds. The van der Waals surface area contributed by atoms with Gasteiger partial charge in [0.2, 0.25) is 5.88 Å². The van der Waals surface area contributed by atoms with E-state index in [1.807, 2.05) is 6.07 Å². The van der Waals surface area contributed by atoms with Crippen molar-refractivity contribution in [1.29, 1.82) is 10.5 Å². The molecule has 5 rings (SSSR count). The molecule has 0 aliphatic heterocycles. The maximum atomic E-state index is 15.2. The Kier molecular flexibility index (Phi) is 7.29. The number of aromatic nitrogens is 4. The first kappa shape index (κ1) is 27.2. The number of methoxy groups -OCH3 is 1. The molecule has 2 atom stereocenters. The minimum atomic E-state index is -1.25. The number of nitrogens with zero attached hydrogens (tertiary/aromatic N) is 7. The highest BCUT2D eigenvalue weighted by molar-refractivity contribution is 7.21. The van der Waals surface area contributed by atoms with Crippen LogP contribution in [-0.2, 0) is 0 Å². The predicted molar refractivity (Wildman–Crippen MR) is 148 cm³/mol. The summed E-state index contributed by atoms with van der Waals surface area (Å²) in [6, 6.07) is 12.1. The molecule has 0 bridgehead atoms. The second-order valence-corrected chi connectivity index (χ2v) is 9.95. The first-order valence-electron chi connectivity index (χ1n) is 12.1. The van der Waals surface area contributed by atoms with Crippen molar-refractivity contribution in [3.63, 3.8) is 0 Å². The summed E-state index contributed by atoms with van der Waals surface area (Å²) >= 11 is 1.26. The lowest BCUT2D eigenvalue weighted by atomic mass is 10.1. The van der Waals surface area contributed by atoms with Gasteiger partial charge in [-0.2, -0.15) is 10.5 Å². The predicted octanol–water partition coefficient (Wildman–Crippen LogP) is 5.53. The maximum absolute atomic E-state index is 15.2. The molecule has 0 radical (unpaired) electrons. The number of benzene rings is 2. The van der Waals surface area contributed by atoms with Gasteiger partial charge in [0, 0.05) is 17.7 Å². The highest BCUT2D eigenvalue weighted by atomic mass is 32.1. The van der Waals surface area contributed by atoms with Gasteiger partial charge in [-0.1, -0.05) is 0 Å². The smallest absolute Gasteiger partial charge is 0.412 e. The van der Waals surface area contributed by atoms with Crippen LogP contribution in [0.3, 0.4) is 0 Å². The van der Waals surface area contributed by atoms with Crippen molar-refractivity contribution in [3.05, 3.63) is 65.9 Å². The number of ether oxygens (including phenoxy) is 2. The molecule has 2 unspecified atom stereocenters. The molecule has 13 heteroatoms. The normalized spacial score (nSPS) is 12.3. The third-order valence-electron chi connectivity index (χ3n) is 6.38. The molecule has 0 saturated heterocycles. The highest BCUT2D eigenvalue weighted by Crippen LogP contribution is 2.37. The van der Waals surface area contributed by atoms with Crippen molar-refractivity contribution < 1.29 is 23.8 Å². The lowest BCUT2D eigenvalue weighted by Gasteiger charge is -2.31. The summed E-state index contributed by atoms with van der Waals surface area (Å²) in [6.45, 7) is 3.26. The number of fused-ring (bicyclic) bond motifs is 2. The number of halogens is 1. The van der Waals surface area contributed by atoms with Gasteiger partial charge in [-0.05, 0) is 38.1 Å². The van der Waals surface area contributed by atoms with E-state index in [-0.39, 0.29) is 17.1 Å². The Morgan fingerprint density at radius 3 is 2.54 bits per heavy atom. The molecule has 11 nitrogen and oxygen atoms in total. The van der Waals surface area contributed by atoms with E-state index < -0.39 is 24.1 Å². The number of anilines is 1. The Morgan fingerprint density at radius 1 is 1.07 bits per heavy atom. The summed E-state index contributed by atoms with van der Waals surface area (Å²) in [6.07, 6.45) is 0.721. The minimum absolute atomic E-state index is 0.0736. The van der Waals surface area contributed by atoms with E-state index in [1.54, 1.807) is 26.0 Å². The number of carbonyl (C=O) groups is 1. The van der Waals surface area contributed by atoms with Crippen molar-refractivity contribution >= 4 is 44.4 Å². The van der Waals surface area contributed by atoms with E-state index in [4.69, 9.17) is 14.7 Å². The average molecular weight is 570 g/mol. The minimum Gasteiger partial charge on any atom is -0.485 e. The summed E-state index contributed by atoms with van der Waals surface area (Å²) in [7, 11) is 1.47. The molecule has 0 fully saturated rings. The average Bonchev–Trinajstić information content (AvgIpc) is 3.38. The van der Waals surface area contributed by atoms with Gasteiger partial charge in [-0.15, -0.1) is 11.3 Å². The number of amides is 1. The Labute approximate surface area is 236 Å². The van der Waals surface area contributed by atoms with Gasteiger partial charge < -0.3 is 14.6 Å². The Hall–Kier alpha value is -5.40. The number of pyridine rings is 1. The summed E-state index contributed by atoms with van der Waals surface area (Å²) < 4.78 is 26.8. The molecule has 204 valence electrons. The van der Waals surface area contributed by atoms with Crippen LogP contribution in [0.2, 0.25) is 0 Å². The van der Waals surface area contributed by atoms with Gasteiger partial charge in [0.25, 0.3) is 0 Å². The van der Waals surface area contributed by atoms with Crippen molar-refractivity contribution in [2.24, 2.45) is 0 Å². The van der Waals surface area contributed by atoms with Crippen molar-refractivity contribution in [1.82, 2.24) is 19.9 Å². The van der Waals surface area contributed by atoms with Crippen molar-refractivity contribution in [2.75, 3.05) is 12.0 Å². The maximum Gasteiger partial charge on any atom is 0.412 e. The second-order valence-electron chi connectivity index (χ2n) is 8.91. The van der Waals surface area contributed by atoms with Crippen LogP contribution < -0.4 is 14.4 Å². The van der Waals surface area contributed by atoms with E-state index in [0.717, 1.165) is 4.90 Å². The van der Waals surface area contributed by atoms with Crippen LogP contribution >= 0.6 is 11.3 Å². The van der Waals surface area contributed by atoms with Gasteiger partial charge in [0.15, 0.2) is 11.6 Å². The monoisotopic (exact) mass is 569 g/mol. The molecule has 0 aliphatic rings. The zero-order valence-corrected chi connectivity index (χ0v) is 22.7. The van der Waals surface area contributed by atoms with E-state index >= 15 is 4.39 Å². The van der Waals surface area contributed by atoms with Gasteiger partial charge >= 0.3 is 6.09 Å². The largest absolute Gasteiger partial charge is 0.485 e. The molecule has 41 heavy (non-hydrogen) atoms. The summed E-state index contributed by atoms with van der Waals surface area (Å²) in [5.74, 6) is -0.446. The zero-order chi connectivity index (χ0) is 29.3. The third kappa shape index (κ3) is 5.26. The Morgan fingerprint density at radius 2 is 1.88 bits per heavy atom. The molecular weight excluding hydrogens is 549 g/mol. The fraction of sp³-hybridized carbons (Fsp3) is 0.179. The molecule has 0 saturated carbocycles. The number of nitriles is 2. The first-order valence-corrected chi connectivity index (χ1v) is 12.9. The number of hydrogen-bond acceptors (Lipinski definition) is 10. The first-order chi connectivity index (χ1) is 19.7. The van der Waals surface area contributed by atoms with E-state index in [2.05, 4.69) is 26.0 Å². The van der Waals surface area contributed by atoms with Crippen LogP contribution in [0.4, 0.5) is 14.9 Å². The molecule has 5 aromatic rings. The molecule has 3 aromatic heterocycles. The van der Waals surface area contributed by atoms with Crippen LogP contribution in [0.25, 0.3) is 31.8 Å². The molecule has 1 N–H and O–H groups in total. The SMILES string of the molecule is COc1cnc2c(-c3nc4cc(F)c(OC(C)C(C)N(C(=O)O)c5ccc(C#N)nc5)cc4s3)cc(C#N)cc2n1. The summed E-state index contributed by atoms with van der Waals surface area (Å²) in [5, 5.41) is 28.9. The highest BCUT2D eigenvalue weighted by Gasteiger charge is 2.28. The van der Waals surface area contributed by atoms with Crippen LogP contribution in [0.1, 0.15) is 25.1 Å². The molecule has 0 spiro atoms. The number of thiazole rings is 1. The van der Waals surface area contributed by atoms with Gasteiger partial charge in [-0.25, -0.2) is 29.1 Å². The van der Waals surface area contributed by atoms with Crippen LogP contribution in [0.15, 0.2) is 48.8 Å². The molecule has 3 heterocycles. The Balaban J connectivity index is 1.47. The van der Waals surface area contributed by atoms with Gasteiger partial charge in [-0.3, -0.25) is 4.90 Å². The van der Waals surface area contributed by atoms with Crippen LogP contribution in [-0.4, -0.2) is 50.4 Å². The molecule has 0 aliphatic carbocycles. The lowest BCUT2D eigenvalue weighted by Crippen LogP contribution is -2.46. The van der Waals surface area contributed by atoms with Gasteiger partial charge in [0.1, 0.15) is 22.9 Å². The third-order valence-corrected chi connectivity index (χ3v) is 7.43. The number of hydrogen-bond donors (Lipinski definition) is 1. The summed E-state index contributed by atoms with van der Waals surface area (Å²) in [4.78, 5) is 30.4. The van der Waals surface area contributed by atoms with E-state index in [1.165, 1.54) is 55.1 Å². The van der Waals surface area contributed by atoms with E-state index in [0.29, 0.717) is 43.3 Å². The summed E-state index contributed by atoms with van der Waals surface area (Å²) in [5.41, 5.74) is 2.65. The molecular formula is C28H20FN7O4S. The number of rotatable bonds is 7. The van der Waals surface area contributed by atoms with Crippen molar-refractivity contribution in [3.8, 4) is 34.3 Å².